The van der Waals surface area contributed by atoms with Gasteiger partial charge in [-0.25, -0.2) is 13.2 Å². The SMILES string of the molecule is C#C.C#CO.CC(=O)N1CC[C@](F)(c2cc(Cl)c[nH]c2=O)[C@@H](C)C1.Nc1c(C(=NCC(F)F)N2CCCC2)oc2ccccc12. The summed E-state index contributed by atoms with van der Waals surface area (Å²) >= 11 is 5.82. The molecule has 1 aromatic carbocycles. The minimum atomic E-state index is -2.48. The highest BCUT2D eigenvalue weighted by Gasteiger charge is 2.44. The number of terminal acetylenes is 2. The number of aliphatic hydroxyl groups is 1. The largest absolute Gasteiger partial charge is 0.462 e. The number of nitrogens with zero attached hydrogens (tertiary/aromatic N) is 3. The molecule has 4 heterocycles. The number of hydrogen-bond acceptors (Lipinski definition) is 6. The van der Waals surface area contributed by atoms with Gasteiger partial charge in [0, 0.05) is 57.0 Å². The second-order valence-electron chi connectivity index (χ2n) is 10.3. The van der Waals surface area contributed by atoms with Gasteiger partial charge in [-0.3, -0.25) is 14.6 Å². The second kappa shape index (κ2) is 17.1. The third kappa shape index (κ3) is 9.22. The number of carbonyl (C=O) groups excluding carboxylic acids is 1. The van der Waals surface area contributed by atoms with Crippen molar-refractivity contribution in [1.29, 1.82) is 0 Å². The molecule has 2 aliphatic heterocycles. The van der Waals surface area contributed by atoms with Crippen LogP contribution in [0.4, 0.5) is 18.9 Å². The van der Waals surface area contributed by atoms with Crippen LogP contribution in [0.1, 0.15) is 44.4 Å². The van der Waals surface area contributed by atoms with Gasteiger partial charge in [-0.15, -0.1) is 12.8 Å². The van der Waals surface area contributed by atoms with Crippen LogP contribution in [-0.2, 0) is 10.5 Å². The van der Waals surface area contributed by atoms with E-state index >= 15 is 4.39 Å². The fourth-order valence-corrected chi connectivity index (χ4v) is 5.36. The molecule has 9 nitrogen and oxygen atoms in total. The number of pyridine rings is 1. The number of aliphatic hydroxyl groups excluding tert-OH is 1. The molecule has 3 aromatic rings. The molecule has 1 amide bonds. The number of hydrogen-bond donors (Lipinski definition) is 3. The number of nitrogens with two attached hydrogens (primary N) is 1. The predicted molar refractivity (Wildman–Crippen MR) is 170 cm³/mol. The van der Waals surface area contributed by atoms with Gasteiger partial charge in [0.15, 0.2) is 11.6 Å². The summed E-state index contributed by atoms with van der Waals surface area (Å²) in [7, 11) is 0. The number of likely N-dealkylation sites (tertiary alicyclic amines) is 2. The summed E-state index contributed by atoms with van der Waals surface area (Å²) in [6, 6.07) is 8.75. The highest BCUT2D eigenvalue weighted by atomic mass is 35.5. The number of anilines is 1. The second-order valence-corrected chi connectivity index (χ2v) is 10.7. The van der Waals surface area contributed by atoms with Crippen LogP contribution in [0, 0.1) is 31.3 Å². The number of nitrogens with one attached hydrogen (secondary N) is 1. The summed E-state index contributed by atoms with van der Waals surface area (Å²) in [5.74, 6) is 0.318. The first-order valence-corrected chi connectivity index (χ1v) is 14.4. The molecule has 4 N–H and O–H groups in total. The minimum absolute atomic E-state index is 0.0516. The first-order valence-electron chi connectivity index (χ1n) is 14.0. The van der Waals surface area contributed by atoms with Crippen molar-refractivity contribution in [2.24, 2.45) is 10.9 Å². The molecule has 5 rings (SSSR count). The van der Waals surface area contributed by atoms with Gasteiger partial charge in [0.25, 0.3) is 12.0 Å². The van der Waals surface area contributed by atoms with E-state index in [1.807, 2.05) is 29.2 Å². The smallest absolute Gasteiger partial charge is 0.257 e. The lowest BCUT2D eigenvalue weighted by atomic mass is 9.79. The zero-order valence-electron chi connectivity index (χ0n) is 25.1. The van der Waals surface area contributed by atoms with Gasteiger partial charge >= 0.3 is 0 Å². The lowest BCUT2D eigenvalue weighted by Gasteiger charge is -2.40. The molecular weight excluding hydrogens is 611 g/mol. The number of nitrogen functional groups attached to an aromatic ring is 1. The topological polar surface area (TPSA) is 128 Å². The van der Waals surface area contributed by atoms with Gasteiger partial charge < -0.3 is 30.0 Å². The van der Waals surface area contributed by atoms with E-state index in [4.69, 9.17) is 26.9 Å². The van der Waals surface area contributed by atoms with Gasteiger partial charge in [0.1, 0.15) is 23.9 Å². The average molecular weight is 648 g/mol. The standard InChI is InChI=1S/C15H17F2N3O.C13H16ClFN2O2.C2H2O.C2H2/c16-12(17)9-19-15(20-7-3-4-8-20)14-13(18)10-5-1-2-6-11(10)21-14;1-8-7-17(9(2)18)4-3-13(8,15)11-5-10(14)6-16-12(11)19;1-2-3;1-2/h1-2,5-6,12H,3-4,7-9,18H2;5-6,8H,3-4,7H2,1-2H3,(H,16,19);1,3H;1-2H/t;8-,13+;;/m.0../s1. The Kier molecular flexibility index (Phi) is 13.9. The third-order valence-corrected chi connectivity index (χ3v) is 7.62. The first-order chi connectivity index (χ1) is 21.4. The monoisotopic (exact) mass is 647 g/mol. The molecule has 242 valence electrons. The van der Waals surface area contributed by atoms with E-state index in [0.29, 0.717) is 41.0 Å². The summed E-state index contributed by atoms with van der Waals surface area (Å²) in [5.41, 5.74) is 5.08. The van der Waals surface area contributed by atoms with E-state index in [2.05, 4.69) is 29.2 Å². The number of carbonyl (C=O) groups is 1. The van der Waals surface area contributed by atoms with E-state index in [1.54, 1.807) is 11.8 Å². The molecule has 13 heteroatoms. The maximum Gasteiger partial charge on any atom is 0.257 e. The number of aromatic nitrogens is 1. The number of benzene rings is 1. The van der Waals surface area contributed by atoms with Gasteiger partial charge in [0.2, 0.25) is 5.91 Å². The van der Waals surface area contributed by atoms with Gasteiger partial charge in [-0.2, -0.15) is 0 Å². The number of H-pyrrole nitrogens is 1. The Bertz CT molecular complexity index is 1580. The van der Waals surface area contributed by atoms with Crippen LogP contribution in [0.5, 0.6) is 0 Å². The number of alkyl halides is 3. The van der Waals surface area contributed by atoms with Gasteiger partial charge in [-0.1, -0.05) is 37.1 Å². The molecule has 0 spiro atoms. The highest BCUT2D eigenvalue weighted by Crippen LogP contribution is 2.40. The van der Waals surface area contributed by atoms with Crippen LogP contribution in [-0.4, -0.2) is 70.8 Å². The minimum Gasteiger partial charge on any atom is -0.462 e. The van der Waals surface area contributed by atoms with Gasteiger partial charge in [0.05, 0.1) is 16.3 Å². The van der Waals surface area contributed by atoms with E-state index < -0.39 is 30.1 Å². The number of piperidine rings is 1. The molecular formula is C32H37ClF3N5O4. The normalized spacial score (nSPS) is 19.4. The maximum atomic E-state index is 15.2. The van der Waals surface area contributed by atoms with Crippen LogP contribution in [0.15, 0.2) is 50.7 Å². The molecule has 0 aliphatic carbocycles. The lowest BCUT2D eigenvalue weighted by Crippen LogP contribution is -2.49. The van der Waals surface area contributed by atoms with Crippen molar-refractivity contribution in [3.63, 3.8) is 0 Å². The number of halogens is 4. The molecule has 0 bridgehead atoms. The summed E-state index contributed by atoms with van der Waals surface area (Å²) in [5, 5.41) is 8.18. The summed E-state index contributed by atoms with van der Waals surface area (Å²) < 4.78 is 46.0. The predicted octanol–water partition coefficient (Wildman–Crippen LogP) is 5.40. The number of aromatic amines is 1. The molecule has 0 radical (unpaired) electrons. The van der Waals surface area contributed by atoms with Gasteiger partial charge in [-0.05, 0) is 31.0 Å². The molecule has 2 saturated heterocycles. The Balaban J connectivity index is 0.000000276. The number of amidine groups is 1. The van der Waals surface area contributed by atoms with Crippen molar-refractivity contribution in [1.82, 2.24) is 14.8 Å². The van der Waals surface area contributed by atoms with Crippen LogP contribution in [0.3, 0.4) is 0 Å². The maximum absolute atomic E-state index is 15.2. The molecule has 0 saturated carbocycles. The van der Waals surface area contributed by atoms with Crippen molar-refractivity contribution in [3.8, 4) is 25.4 Å². The zero-order chi connectivity index (χ0) is 33.7. The summed E-state index contributed by atoms with van der Waals surface area (Å²) in [6.45, 7) is 4.82. The summed E-state index contributed by atoms with van der Waals surface area (Å²) in [6.07, 6.45) is 14.4. The Labute approximate surface area is 265 Å². The molecule has 2 aromatic heterocycles. The Morgan fingerprint density at radius 3 is 2.44 bits per heavy atom. The molecule has 0 unspecified atom stereocenters. The van der Waals surface area contributed by atoms with Crippen molar-refractivity contribution < 1.29 is 27.5 Å². The Morgan fingerprint density at radius 2 is 1.89 bits per heavy atom. The van der Waals surface area contributed by atoms with E-state index in [-0.39, 0.29) is 17.9 Å². The number of para-hydroxylation sites is 1. The molecule has 2 atom stereocenters. The number of fused-ring (bicyclic) bond motifs is 1. The quantitative estimate of drug-likeness (QED) is 0.198. The average Bonchev–Trinajstić information content (AvgIpc) is 3.66. The van der Waals surface area contributed by atoms with E-state index in [0.717, 1.165) is 31.3 Å². The number of amides is 1. The number of aliphatic imine (C=N–C) groups is 1. The van der Waals surface area contributed by atoms with Crippen molar-refractivity contribution >= 4 is 40.0 Å². The van der Waals surface area contributed by atoms with Crippen molar-refractivity contribution in [3.05, 3.63) is 63.2 Å². The highest BCUT2D eigenvalue weighted by molar-refractivity contribution is 6.30. The van der Waals surface area contributed by atoms with E-state index in [1.165, 1.54) is 25.3 Å². The van der Waals surface area contributed by atoms with Crippen LogP contribution in [0.25, 0.3) is 11.0 Å². The molecule has 45 heavy (non-hydrogen) atoms. The Hall–Kier alpha value is -4.55. The molecule has 2 fully saturated rings. The fraction of sp³-hybridized carbons (Fsp3) is 0.406. The lowest BCUT2D eigenvalue weighted by molar-refractivity contribution is -0.133. The van der Waals surface area contributed by atoms with Crippen LogP contribution < -0.4 is 11.3 Å². The van der Waals surface area contributed by atoms with Crippen molar-refractivity contribution in [2.45, 2.75) is 45.2 Å². The van der Waals surface area contributed by atoms with Crippen LogP contribution in [0.2, 0.25) is 5.02 Å². The number of furan rings is 1. The summed E-state index contributed by atoms with van der Waals surface area (Å²) in [4.78, 5) is 33.2. The van der Waals surface area contributed by atoms with Crippen LogP contribution >= 0.6 is 11.6 Å². The number of rotatable bonds is 4. The Morgan fingerprint density at radius 1 is 1.27 bits per heavy atom. The first kappa shape index (κ1) is 36.6. The third-order valence-electron chi connectivity index (χ3n) is 7.40. The zero-order valence-corrected chi connectivity index (χ0v) is 25.9. The molecule has 2 aliphatic rings. The van der Waals surface area contributed by atoms with Crippen molar-refractivity contribution in [2.75, 3.05) is 38.5 Å². The fourth-order valence-electron chi connectivity index (χ4n) is 5.19. The van der Waals surface area contributed by atoms with E-state index in [9.17, 15) is 18.4 Å².